The molecule has 29 heavy (non-hydrogen) atoms. The van der Waals surface area contributed by atoms with Gasteiger partial charge in [-0.25, -0.2) is 5.01 Å². The molecule has 1 heterocycles. The SMILES string of the molecule is O=[N+]([O-])c1cccc(C2CC(c3ccccc3)=NN2C(=S)Nc2ccccc2)c1. The minimum absolute atomic E-state index is 0.0533. The zero-order chi connectivity index (χ0) is 20.2. The van der Waals surface area contributed by atoms with Crippen LogP contribution < -0.4 is 5.32 Å². The third kappa shape index (κ3) is 4.14. The molecule has 7 heteroatoms. The van der Waals surface area contributed by atoms with Gasteiger partial charge in [0.05, 0.1) is 16.7 Å². The lowest BCUT2D eigenvalue weighted by molar-refractivity contribution is -0.384. The Balaban J connectivity index is 1.68. The standard InChI is InChI=1S/C22H18N4O2S/c27-26(28)19-13-7-10-17(14-19)21-15-20(16-8-3-1-4-9-16)24-25(21)22(29)23-18-11-5-2-6-12-18/h1-14,21H,15H2,(H,23,29). The van der Waals surface area contributed by atoms with Gasteiger partial charge in [-0.2, -0.15) is 5.10 Å². The van der Waals surface area contributed by atoms with Crippen LogP contribution in [0.15, 0.2) is 90.0 Å². The molecule has 0 bridgehead atoms. The van der Waals surface area contributed by atoms with Crippen molar-refractivity contribution in [1.82, 2.24) is 5.01 Å². The van der Waals surface area contributed by atoms with Gasteiger partial charge in [0.25, 0.3) is 5.69 Å². The average molecular weight is 402 g/mol. The largest absolute Gasteiger partial charge is 0.331 e. The molecule has 1 unspecified atom stereocenters. The lowest BCUT2D eigenvalue weighted by Gasteiger charge is -2.24. The van der Waals surface area contributed by atoms with Gasteiger partial charge in [0.1, 0.15) is 0 Å². The summed E-state index contributed by atoms with van der Waals surface area (Å²) in [5, 5.41) is 21.4. The monoisotopic (exact) mass is 402 g/mol. The van der Waals surface area contributed by atoms with Crippen molar-refractivity contribution in [2.75, 3.05) is 5.32 Å². The number of nitrogens with zero attached hydrogens (tertiary/aromatic N) is 3. The van der Waals surface area contributed by atoms with E-state index in [0.29, 0.717) is 11.5 Å². The summed E-state index contributed by atoms with van der Waals surface area (Å²) < 4.78 is 0. The summed E-state index contributed by atoms with van der Waals surface area (Å²) in [5.41, 5.74) is 3.61. The van der Waals surface area contributed by atoms with E-state index >= 15 is 0 Å². The van der Waals surface area contributed by atoms with Crippen molar-refractivity contribution in [3.63, 3.8) is 0 Å². The number of hydrogen-bond donors (Lipinski definition) is 1. The van der Waals surface area contributed by atoms with E-state index in [2.05, 4.69) is 5.32 Å². The van der Waals surface area contributed by atoms with Crippen molar-refractivity contribution in [1.29, 1.82) is 0 Å². The fourth-order valence-electron chi connectivity index (χ4n) is 3.31. The molecule has 3 aromatic rings. The highest BCUT2D eigenvalue weighted by atomic mass is 32.1. The summed E-state index contributed by atoms with van der Waals surface area (Å²) in [6.07, 6.45) is 0.599. The van der Waals surface area contributed by atoms with Crippen molar-refractivity contribution in [3.05, 3.63) is 106 Å². The van der Waals surface area contributed by atoms with E-state index in [1.165, 1.54) is 6.07 Å². The highest BCUT2D eigenvalue weighted by Gasteiger charge is 2.32. The molecule has 144 valence electrons. The van der Waals surface area contributed by atoms with Gasteiger partial charge in [0.15, 0.2) is 5.11 Å². The van der Waals surface area contributed by atoms with Gasteiger partial charge in [-0.15, -0.1) is 0 Å². The quantitative estimate of drug-likeness (QED) is 0.372. The summed E-state index contributed by atoms with van der Waals surface area (Å²) in [7, 11) is 0. The van der Waals surface area contributed by atoms with Gasteiger partial charge >= 0.3 is 0 Å². The van der Waals surface area contributed by atoms with E-state index in [9.17, 15) is 10.1 Å². The summed E-state index contributed by atoms with van der Waals surface area (Å²) >= 11 is 5.63. The zero-order valence-corrected chi connectivity index (χ0v) is 16.3. The molecule has 1 aliphatic heterocycles. The number of benzene rings is 3. The minimum atomic E-state index is -0.387. The second-order valence-electron chi connectivity index (χ2n) is 6.63. The minimum Gasteiger partial charge on any atom is -0.331 e. The Bertz CT molecular complexity index is 1070. The molecule has 3 aromatic carbocycles. The molecule has 0 saturated carbocycles. The Kier molecular flexibility index (Phi) is 5.31. The second kappa shape index (κ2) is 8.20. The maximum atomic E-state index is 11.2. The van der Waals surface area contributed by atoms with Gasteiger partial charge in [-0.3, -0.25) is 10.1 Å². The van der Waals surface area contributed by atoms with E-state index in [1.54, 1.807) is 17.1 Å². The first-order chi connectivity index (χ1) is 14.1. The van der Waals surface area contributed by atoms with Crippen LogP contribution in [-0.4, -0.2) is 20.8 Å². The number of anilines is 1. The zero-order valence-electron chi connectivity index (χ0n) is 15.4. The van der Waals surface area contributed by atoms with Gasteiger partial charge in [0.2, 0.25) is 0 Å². The number of hydrogen-bond acceptors (Lipinski definition) is 4. The highest BCUT2D eigenvalue weighted by molar-refractivity contribution is 7.80. The van der Waals surface area contributed by atoms with Crippen LogP contribution in [0.2, 0.25) is 0 Å². The van der Waals surface area contributed by atoms with Crippen molar-refractivity contribution in [3.8, 4) is 0 Å². The lowest BCUT2D eigenvalue weighted by Crippen LogP contribution is -2.31. The van der Waals surface area contributed by atoms with Gasteiger partial charge < -0.3 is 5.32 Å². The number of thiocarbonyl (C=S) groups is 1. The van der Waals surface area contributed by atoms with Crippen molar-refractivity contribution in [2.24, 2.45) is 5.10 Å². The maximum absolute atomic E-state index is 11.2. The average Bonchev–Trinajstić information content (AvgIpc) is 3.21. The van der Waals surface area contributed by atoms with E-state index in [1.807, 2.05) is 66.7 Å². The molecule has 0 amide bonds. The Hall–Kier alpha value is -3.58. The molecule has 0 saturated heterocycles. The van der Waals surface area contributed by atoms with Crippen LogP contribution in [0.4, 0.5) is 11.4 Å². The maximum Gasteiger partial charge on any atom is 0.269 e. The summed E-state index contributed by atoms with van der Waals surface area (Å²) in [5.74, 6) is 0. The van der Waals surface area contributed by atoms with Crippen LogP contribution in [0.25, 0.3) is 0 Å². The first-order valence-electron chi connectivity index (χ1n) is 9.14. The normalized spacial score (nSPS) is 15.7. The number of para-hydroxylation sites is 1. The summed E-state index contributed by atoms with van der Waals surface area (Å²) in [4.78, 5) is 10.8. The molecule has 0 radical (unpaired) electrons. The third-order valence-electron chi connectivity index (χ3n) is 4.72. The molecule has 0 aliphatic carbocycles. The number of nitro benzene ring substituents is 1. The first kappa shape index (κ1) is 18.8. The molecule has 4 rings (SSSR count). The van der Waals surface area contributed by atoms with Crippen LogP contribution in [-0.2, 0) is 0 Å². The number of hydrazone groups is 1. The molecule has 1 aliphatic rings. The topological polar surface area (TPSA) is 70.8 Å². The second-order valence-corrected chi connectivity index (χ2v) is 7.01. The number of rotatable bonds is 4. The van der Waals surface area contributed by atoms with Gasteiger partial charge in [-0.05, 0) is 35.5 Å². The third-order valence-corrected chi connectivity index (χ3v) is 5.01. The molecule has 6 nitrogen and oxygen atoms in total. The van der Waals surface area contributed by atoms with Crippen molar-refractivity contribution in [2.45, 2.75) is 12.5 Å². The molecule has 0 fully saturated rings. The Labute approximate surface area is 173 Å². The Morgan fingerprint density at radius 3 is 2.41 bits per heavy atom. The molecular formula is C22H18N4O2S. The molecule has 0 spiro atoms. The van der Waals surface area contributed by atoms with Gasteiger partial charge in [-0.1, -0.05) is 60.7 Å². The fraction of sp³-hybridized carbons (Fsp3) is 0.0909. The fourth-order valence-corrected chi connectivity index (χ4v) is 3.60. The summed E-state index contributed by atoms with van der Waals surface area (Å²) in [6.45, 7) is 0. The van der Waals surface area contributed by atoms with Crippen LogP contribution in [0.5, 0.6) is 0 Å². The molecule has 1 atom stereocenters. The van der Waals surface area contributed by atoms with Crippen LogP contribution >= 0.6 is 12.2 Å². The number of non-ortho nitro benzene ring substituents is 1. The van der Waals surface area contributed by atoms with Crippen LogP contribution in [0, 0.1) is 10.1 Å². The van der Waals surface area contributed by atoms with E-state index < -0.39 is 0 Å². The smallest absolute Gasteiger partial charge is 0.269 e. The lowest BCUT2D eigenvalue weighted by atomic mass is 9.98. The molecule has 0 aromatic heterocycles. The Morgan fingerprint density at radius 2 is 1.72 bits per heavy atom. The van der Waals surface area contributed by atoms with Crippen LogP contribution in [0.1, 0.15) is 23.6 Å². The highest BCUT2D eigenvalue weighted by Crippen LogP contribution is 2.34. The Morgan fingerprint density at radius 1 is 1.03 bits per heavy atom. The van der Waals surface area contributed by atoms with Crippen LogP contribution in [0.3, 0.4) is 0 Å². The first-order valence-corrected chi connectivity index (χ1v) is 9.55. The predicted molar refractivity (Wildman–Crippen MR) is 118 cm³/mol. The number of nitrogens with one attached hydrogen (secondary N) is 1. The summed E-state index contributed by atoms with van der Waals surface area (Å²) in [6, 6.07) is 25.9. The van der Waals surface area contributed by atoms with Crippen molar-refractivity contribution < 1.29 is 4.92 Å². The van der Waals surface area contributed by atoms with E-state index in [4.69, 9.17) is 17.3 Å². The molecular weight excluding hydrogens is 384 g/mol. The van der Waals surface area contributed by atoms with Gasteiger partial charge in [0, 0.05) is 24.2 Å². The predicted octanol–water partition coefficient (Wildman–Crippen LogP) is 5.14. The van der Waals surface area contributed by atoms with E-state index in [-0.39, 0.29) is 16.7 Å². The number of nitro groups is 1. The van der Waals surface area contributed by atoms with E-state index in [0.717, 1.165) is 22.5 Å². The van der Waals surface area contributed by atoms with Crippen molar-refractivity contribution >= 4 is 34.4 Å². The molecule has 1 N–H and O–H groups in total.